The van der Waals surface area contributed by atoms with Gasteiger partial charge in [0.05, 0.1) is 0 Å². The fraction of sp³-hybridized carbons (Fsp3) is 1.00. The molecule has 0 aliphatic heterocycles. The number of nitrogens with one attached hydrogen (secondary N) is 1. The maximum atomic E-state index is 10.5. The number of nitrogens with two attached hydrogens (primary N) is 1. The molecule has 0 saturated carbocycles. The molecule has 0 bridgehead atoms. The van der Waals surface area contributed by atoms with E-state index < -0.39 is 15.2 Å². The monoisotopic (exact) mass is 172 g/mol. The topological polar surface area (TPSA) is 72.2 Å². The highest BCUT2D eigenvalue weighted by Gasteiger charge is 2.03. The van der Waals surface area contributed by atoms with Crippen molar-refractivity contribution in [3.63, 3.8) is 0 Å². The van der Waals surface area contributed by atoms with Crippen molar-refractivity contribution in [1.82, 2.24) is 4.72 Å². The molecule has 0 aromatic rings. The first kappa shape index (κ1) is 9.16. The standard InChI is InChI=1S/C3H9ClN2O2S/c4-3-9(7,8)6-2-1-5/h6H,1-3,5H2. The Morgan fingerprint density at radius 2 is 2.11 bits per heavy atom. The normalized spacial score (nSPS) is 11.8. The molecule has 4 nitrogen and oxygen atoms in total. The van der Waals surface area contributed by atoms with Gasteiger partial charge in [-0.15, -0.1) is 11.6 Å². The second kappa shape index (κ2) is 4.05. The van der Waals surface area contributed by atoms with Crippen molar-refractivity contribution >= 4 is 21.6 Å². The molecular formula is C3H9ClN2O2S. The van der Waals surface area contributed by atoms with Crippen molar-refractivity contribution in [3.8, 4) is 0 Å². The smallest absolute Gasteiger partial charge is 0.225 e. The summed E-state index contributed by atoms with van der Waals surface area (Å²) < 4.78 is 23.1. The van der Waals surface area contributed by atoms with E-state index in [1.807, 2.05) is 0 Å². The van der Waals surface area contributed by atoms with Gasteiger partial charge in [0.2, 0.25) is 10.0 Å². The third-order valence-corrected chi connectivity index (χ3v) is 2.40. The molecular weight excluding hydrogens is 164 g/mol. The highest BCUT2D eigenvalue weighted by atomic mass is 35.5. The summed E-state index contributed by atoms with van der Waals surface area (Å²) in [6, 6.07) is 0. The van der Waals surface area contributed by atoms with Crippen LogP contribution in [0.1, 0.15) is 0 Å². The summed E-state index contributed by atoms with van der Waals surface area (Å²) in [5.41, 5.74) is 5.02. The quantitative estimate of drug-likeness (QED) is 0.538. The van der Waals surface area contributed by atoms with E-state index in [4.69, 9.17) is 17.3 Å². The molecule has 0 fully saturated rings. The predicted octanol–water partition coefficient (Wildman–Crippen LogP) is -0.939. The van der Waals surface area contributed by atoms with Gasteiger partial charge in [0.25, 0.3) is 0 Å². The Kier molecular flexibility index (Phi) is 4.12. The molecule has 0 heterocycles. The van der Waals surface area contributed by atoms with Crippen molar-refractivity contribution < 1.29 is 8.42 Å². The lowest BCUT2D eigenvalue weighted by atomic mass is 10.7. The Balaban J connectivity index is 3.61. The van der Waals surface area contributed by atoms with E-state index in [1.165, 1.54) is 0 Å². The first-order valence-corrected chi connectivity index (χ1v) is 4.54. The molecule has 0 atom stereocenters. The van der Waals surface area contributed by atoms with Crippen LogP contribution in [0.15, 0.2) is 0 Å². The summed E-state index contributed by atoms with van der Waals surface area (Å²) in [5.74, 6) is 0. The van der Waals surface area contributed by atoms with Crippen LogP contribution < -0.4 is 10.5 Å². The number of sulfonamides is 1. The van der Waals surface area contributed by atoms with Gasteiger partial charge in [-0.1, -0.05) is 0 Å². The fourth-order valence-corrected chi connectivity index (χ4v) is 0.990. The van der Waals surface area contributed by atoms with Crippen LogP contribution in [0, 0.1) is 0 Å². The van der Waals surface area contributed by atoms with Crippen LogP contribution in [-0.4, -0.2) is 26.7 Å². The van der Waals surface area contributed by atoms with Crippen LogP contribution in [0.25, 0.3) is 0 Å². The number of hydrogen-bond acceptors (Lipinski definition) is 3. The van der Waals surface area contributed by atoms with Gasteiger partial charge in [0.1, 0.15) is 5.21 Å². The Morgan fingerprint density at radius 3 is 2.44 bits per heavy atom. The lowest BCUT2D eigenvalue weighted by molar-refractivity contribution is 0.587. The van der Waals surface area contributed by atoms with E-state index >= 15 is 0 Å². The van der Waals surface area contributed by atoms with Crippen LogP contribution in [0.5, 0.6) is 0 Å². The third kappa shape index (κ3) is 4.65. The van der Waals surface area contributed by atoms with Gasteiger partial charge in [0, 0.05) is 13.1 Å². The largest absolute Gasteiger partial charge is 0.329 e. The van der Waals surface area contributed by atoms with Gasteiger partial charge in [0.15, 0.2) is 0 Å². The molecule has 0 saturated heterocycles. The molecule has 6 heteroatoms. The number of halogens is 1. The summed E-state index contributed by atoms with van der Waals surface area (Å²) in [5, 5.41) is -0.410. The van der Waals surface area contributed by atoms with Crippen LogP contribution in [-0.2, 0) is 10.0 Å². The molecule has 0 aromatic heterocycles. The van der Waals surface area contributed by atoms with Crippen LogP contribution >= 0.6 is 11.6 Å². The molecule has 3 N–H and O–H groups in total. The summed E-state index contributed by atoms with van der Waals surface area (Å²) in [6.45, 7) is 0.533. The van der Waals surface area contributed by atoms with E-state index in [0.29, 0.717) is 0 Å². The minimum absolute atomic E-state index is 0.245. The molecule has 0 spiro atoms. The van der Waals surface area contributed by atoms with Crippen molar-refractivity contribution in [2.45, 2.75) is 0 Å². The Bertz CT molecular complexity index is 155. The van der Waals surface area contributed by atoms with E-state index in [-0.39, 0.29) is 13.1 Å². The maximum Gasteiger partial charge on any atom is 0.225 e. The van der Waals surface area contributed by atoms with Gasteiger partial charge in [-0.3, -0.25) is 0 Å². The van der Waals surface area contributed by atoms with Crippen molar-refractivity contribution in [2.24, 2.45) is 5.73 Å². The molecule has 0 aliphatic carbocycles. The average Bonchev–Trinajstić information content (AvgIpc) is 1.84. The van der Waals surface area contributed by atoms with Crippen LogP contribution in [0.2, 0.25) is 0 Å². The maximum absolute atomic E-state index is 10.5. The van der Waals surface area contributed by atoms with Crippen molar-refractivity contribution in [2.75, 3.05) is 18.3 Å². The first-order chi connectivity index (χ1) is 4.12. The molecule has 0 rings (SSSR count). The summed E-state index contributed by atoms with van der Waals surface area (Å²) >= 11 is 5.04. The SMILES string of the molecule is NCCNS(=O)(=O)CCl. The molecule has 0 radical (unpaired) electrons. The van der Waals surface area contributed by atoms with E-state index in [2.05, 4.69) is 4.72 Å². The Hall–Kier alpha value is 0.160. The van der Waals surface area contributed by atoms with Gasteiger partial charge < -0.3 is 5.73 Å². The summed E-state index contributed by atoms with van der Waals surface area (Å²) in [7, 11) is -3.25. The summed E-state index contributed by atoms with van der Waals surface area (Å²) in [6.07, 6.45) is 0. The molecule has 9 heavy (non-hydrogen) atoms. The second-order valence-electron chi connectivity index (χ2n) is 1.41. The van der Waals surface area contributed by atoms with E-state index in [1.54, 1.807) is 0 Å². The average molecular weight is 173 g/mol. The minimum atomic E-state index is -3.25. The van der Waals surface area contributed by atoms with Gasteiger partial charge in [-0.25, -0.2) is 13.1 Å². The van der Waals surface area contributed by atoms with Crippen LogP contribution in [0.3, 0.4) is 0 Å². The lowest BCUT2D eigenvalue weighted by Gasteiger charge is -1.98. The first-order valence-electron chi connectivity index (χ1n) is 2.36. The highest BCUT2D eigenvalue weighted by Crippen LogP contribution is 1.85. The lowest BCUT2D eigenvalue weighted by Crippen LogP contribution is -2.29. The van der Waals surface area contributed by atoms with E-state index in [0.717, 1.165) is 0 Å². The summed E-state index contributed by atoms with van der Waals surface area (Å²) in [4.78, 5) is 0. The van der Waals surface area contributed by atoms with Crippen molar-refractivity contribution in [1.29, 1.82) is 0 Å². The zero-order valence-electron chi connectivity index (χ0n) is 4.80. The molecule has 0 amide bonds. The van der Waals surface area contributed by atoms with Crippen molar-refractivity contribution in [3.05, 3.63) is 0 Å². The minimum Gasteiger partial charge on any atom is -0.329 e. The Labute approximate surface area is 59.4 Å². The molecule has 56 valence electrons. The second-order valence-corrected chi connectivity index (χ2v) is 3.80. The molecule has 0 aliphatic rings. The molecule has 0 unspecified atom stereocenters. The van der Waals surface area contributed by atoms with Crippen LogP contribution in [0.4, 0.5) is 0 Å². The molecule has 0 aromatic carbocycles. The number of hydrogen-bond donors (Lipinski definition) is 2. The number of rotatable bonds is 4. The zero-order chi connectivity index (χ0) is 7.33. The van der Waals surface area contributed by atoms with Gasteiger partial charge in [-0.2, -0.15) is 0 Å². The zero-order valence-corrected chi connectivity index (χ0v) is 6.37. The number of alkyl halides is 1. The highest BCUT2D eigenvalue weighted by molar-refractivity contribution is 7.90. The Morgan fingerprint density at radius 1 is 1.56 bits per heavy atom. The predicted molar refractivity (Wildman–Crippen MR) is 36.7 cm³/mol. The van der Waals surface area contributed by atoms with Gasteiger partial charge >= 0.3 is 0 Å². The third-order valence-electron chi connectivity index (χ3n) is 0.610. The van der Waals surface area contributed by atoms with E-state index in [9.17, 15) is 8.42 Å². The fourth-order valence-electron chi connectivity index (χ4n) is 0.253. The van der Waals surface area contributed by atoms with Gasteiger partial charge in [-0.05, 0) is 0 Å².